The Balaban J connectivity index is 2.90. The van der Waals surface area contributed by atoms with Crippen LogP contribution in [0.1, 0.15) is 71.1 Å². The van der Waals surface area contributed by atoms with Crippen LogP contribution in [0.4, 0.5) is 0 Å². The van der Waals surface area contributed by atoms with E-state index >= 15 is 0 Å². The molecule has 0 amide bonds. The maximum Gasteiger partial charge on any atom is 0.107 e. The van der Waals surface area contributed by atoms with Gasteiger partial charge in [0, 0.05) is 6.54 Å². The van der Waals surface area contributed by atoms with Gasteiger partial charge in [0.05, 0.1) is 7.05 Å². The molecule has 0 radical (unpaired) electrons. The first-order chi connectivity index (χ1) is 8.77. The summed E-state index contributed by atoms with van der Waals surface area (Å²) in [5.41, 5.74) is 0. The van der Waals surface area contributed by atoms with E-state index in [0.29, 0.717) is 0 Å². The topological polar surface area (TPSA) is 42.5 Å². The molecule has 1 unspecified atom stereocenters. The summed E-state index contributed by atoms with van der Waals surface area (Å²) >= 11 is 0. The molecule has 4 N–H and O–H groups in total. The van der Waals surface area contributed by atoms with Crippen molar-refractivity contribution >= 4 is 0 Å². The summed E-state index contributed by atoms with van der Waals surface area (Å²) in [5, 5.41) is 4.47. The lowest BCUT2D eigenvalue weighted by Crippen LogP contribution is -3.15. The fourth-order valence-electron chi connectivity index (χ4n) is 2.15. The molecule has 0 fully saturated rings. The van der Waals surface area contributed by atoms with E-state index in [1.165, 1.54) is 64.2 Å². The Bertz CT molecular complexity index is 149. The molecule has 1 atom stereocenters. The summed E-state index contributed by atoms with van der Waals surface area (Å²) in [7, 11) is 1.99. The molecule has 3 heteroatoms. The van der Waals surface area contributed by atoms with E-state index in [0.717, 1.165) is 24.6 Å². The number of nitrogens with one attached hydrogen (secondary N) is 2. The quantitative estimate of drug-likeness (QED) is 0.253. The van der Waals surface area contributed by atoms with Crippen molar-refractivity contribution in [1.29, 1.82) is 0 Å². The third-order valence-corrected chi connectivity index (χ3v) is 3.40. The highest BCUT2D eigenvalue weighted by Crippen LogP contribution is 2.10. The minimum Gasteiger partial charge on any atom is -0.311 e. The molecular weight excluding hydrogens is 222 g/mol. The molecule has 3 nitrogen and oxygen atoms in total. The van der Waals surface area contributed by atoms with Crippen molar-refractivity contribution in [3.8, 4) is 0 Å². The molecule has 0 aliphatic rings. The molecular formula is C15H36N3+. The second kappa shape index (κ2) is 14.9. The smallest absolute Gasteiger partial charge is 0.107 e. The SMILES string of the molecule is CCCCCCCCCCCCNCC[NH+](C)N. The number of hydrogen-bond acceptors (Lipinski definition) is 2. The van der Waals surface area contributed by atoms with E-state index in [2.05, 4.69) is 12.2 Å². The zero-order valence-electron chi connectivity index (χ0n) is 12.8. The number of nitrogens with two attached hydrogens (primary N) is 1. The van der Waals surface area contributed by atoms with Crippen LogP contribution in [0.5, 0.6) is 0 Å². The summed E-state index contributed by atoms with van der Waals surface area (Å²) in [6.07, 6.45) is 14.1. The van der Waals surface area contributed by atoms with Crippen molar-refractivity contribution in [3.05, 3.63) is 0 Å². The van der Waals surface area contributed by atoms with Crippen LogP contribution in [-0.2, 0) is 0 Å². The molecule has 0 aromatic heterocycles. The number of rotatable bonds is 14. The Hall–Kier alpha value is -0.120. The Morgan fingerprint density at radius 2 is 1.28 bits per heavy atom. The van der Waals surface area contributed by atoms with E-state index in [9.17, 15) is 0 Å². The highest BCUT2D eigenvalue weighted by Gasteiger charge is 1.94. The molecule has 0 aromatic carbocycles. The fraction of sp³-hybridized carbons (Fsp3) is 1.00. The Kier molecular flexibility index (Phi) is 14.8. The maximum absolute atomic E-state index is 5.61. The van der Waals surface area contributed by atoms with Crippen LogP contribution in [0.2, 0.25) is 0 Å². The van der Waals surface area contributed by atoms with Gasteiger partial charge in [0.15, 0.2) is 0 Å². The number of unbranched alkanes of at least 4 members (excludes halogenated alkanes) is 9. The van der Waals surface area contributed by atoms with Gasteiger partial charge in [0.2, 0.25) is 0 Å². The first-order valence-corrected chi connectivity index (χ1v) is 8.06. The van der Waals surface area contributed by atoms with Gasteiger partial charge in [-0.05, 0) is 13.0 Å². The zero-order valence-corrected chi connectivity index (χ0v) is 12.8. The summed E-state index contributed by atoms with van der Waals surface area (Å²) in [5.74, 6) is 5.61. The van der Waals surface area contributed by atoms with Crippen molar-refractivity contribution < 1.29 is 5.01 Å². The molecule has 0 aliphatic heterocycles. The summed E-state index contributed by atoms with van der Waals surface area (Å²) in [6.45, 7) is 5.49. The van der Waals surface area contributed by atoms with Crippen LogP contribution in [0, 0.1) is 0 Å². The van der Waals surface area contributed by atoms with Gasteiger partial charge < -0.3 is 5.32 Å². The van der Waals surface area contributed by atoms with Crippen LogP contribution in [-0.4, -0.2) is 26.7 Å². The highest BCUT2D eigenvalue weighted by atomic mass is 15.4. The average molecular weight is 258 g/mol. The third kappa shape index (κ3) is 15.9. The zero-order chi connectivity index (χ0) is 13.5. The average Bonchev–Trinajstić information content (AvgIpc) is 2.34. The van der Waals surface area contributed by atoms with Crippen LogP contribution >= 0.6 is 0 Å². The normalized spacial score (nSPS) is 12.8. The van der Waals surface area contributed by atoms with Gasteiger partial charge in [-0.2, -0.15) is 5.84 Å². The Morgan fingerprint density at radius 1 is 0.778 bits per heavy atom. The molecule has 0 saturated heterocycles. The predicted octanol–water partition coefficient (Wildman–Crippen LogP) is 1.89. The van der Waals surface area contributed by atoms with Gasteiger partial charge in [-0.3, -0.25) is 5.01 Å². The van der Waals surface area contributed by atoms with Crippen molar-refractivity contribution in [2.45, 2.75) is 71.1 Å². The van der Waals surface area contributed by atoms with Gasteiger partial charge in [0.1, 0.15) is 6.54 Å². The minimum absolute atomic E-state index is 1.01. The monoisotopic (exact) mass is 258 g/mol. The van der Waals surface area contributed by atoms with Crippen molar-refractivity contribution in [2.75, 3.05) is 26.7 Å². The molecule has 0 rings (SSSR count). The molecule has 0 heterocycles. The number of likely N-dealkylation sites (N-methyl/N-ethyl adjacent to an activating group) is 1. The van der Waals surface area contributed by atoms with Crippen LogP contribution in [0.3, 0.4) is 0 Å². The molecule has 18 heavy (non-hydrogen) atoms. The lowest BCUT2D eigenvalue weighted by Gasteiger charge is -2.07. The number of quaternary nitrogens is 1. The lowest BCUT2D eigenvalue weighted by atomic mass is 10.1. The summed E-state index contributed by atoms with van der Waals surface area (Å²) < 4.78 is 0. The second-order valence-corrected chi connectivity index (χ2v) is 5.53. The van der Waals surface area contributed by atoms with E-state index < -0.39 is 0 Å². The standard InChI is InChI=1S/C15H35N3/c1-3-4-5-6-7-8-9-10-11-12-13-17-14-15-18(2)16/h17H,3-16H2,1-2H3/p+1. The largest absolute Gasteiger partial charge is 0.311 e. The third-order valence-electron chi connectivity index (χ3n) is 3.40. The van der Waals surface area contributed by atoms with Crippen LogP contribution in [0.15, 0.2) is 0 Å². The van der Waals surface area contributed by atoms with Crippen molar-refractivity contribution in [1.82, 2.24) is 5.32 Å². The lowest BCUT2D eigenvalue weighted by molar-refractivity contribution is -0.891. The van der Waals surface area contributed by atoms with Gasteiger partial charge >= 0.3 is 0 Å². The molecule has 0 spiro atoms. The molecule has 0 bridgehead atoms. The summed E-state index contributed by atoms with van der Waals surface area (Å²) in [6, 6.07) is 0. The minimum atomic E-state index is 1.01. The van der Waals surface area contributed by atoms with E-state index in [1.54, 1.807) is 0 Å². The second-order valence-electron chi connectivity index (χ2n) is 5.53. The summed E-state index contributed by atoms with van der Waals surface area (Å²) in [4.78, 5) is 0. The van der Waals surface area contributed by atoms with Gasteiger partial charge in [-0.1, -0.05) is 64.7 Å². The highest BCUT2D eigenvalue weighted by molar-refractivity contribution is 4.50. The predicted molar refractivity (Wildman–Crippen MR) is 80.7 cm³/mol. The van der Waals surface area contributed by atoms with Gasteiger partial charge in [0.25, 0.3) is 0 Å². The number of hydrogen-bond donors (Lipinski definition) is 3. The molecule has 0 aromatic rings. The fourth-order valence-corrected chi connectivity index (χ4v) is 2.15. The van der Waals surface area contributed by atoms with E-state index in [1.807, 2.05) is 7.05 Å². The van der Waals surface area contributed by atoms with E-state index in [-0.39, 0.29) is 0 Å². The molecule has 110 valence electrons. The molecule has 0 saturated carbocycles. The van der Waals surface area contributed by atoms with Gasteiger partial charge in [-0.25, -0.2) is 0 Å². The Morgan fingerprint density at radius 3 is 1.78 bits per heavy atom. The maximum atomic E-state index is 5.61. The Labute approximate surface area is 114 Å². The first-order valence-electron chi connectivity index (χ1n) is 8.06. The van der Waals surface area contributed by atoms with Gasteiger partial charge in [-0.15, -0.1) is 0 Å². The van der Waals surface area contributed by atoms with Crippen LogP contribution in [0.25, 0.3) is 0 Å². The van der Waals surface area contributed by atoms with Crippen molar-refractivity contribution in [3.63, 3.8) is 0 Å². The first kappa shape index (κ1) is 17.9. The van der Waals surface area contributed by atoms with E-state index in [4.69, 9.17) is 5.84 Å². The molecule has 0 aliphatic carbocycles. The van der Waals surface area contributed by atoms with Crippen molar-refractivity contribution in [2.24, 2.45) is 5.84 Å². The van der Waals surface area contributed by atoms with Crippen LogP contribution < -0.4 is 16.2 Å².